The zero-order chi connectivity index (χ0) is 16.9. The summed E-state index contributed by atoms with van der Waals surface area (Å²) in [5, 5.41) is 7.89. The zero-order valence-electron chi connectivity index (χ0n) is 14.3. The minimum atomic E-state index is 0.0416. The van der Waals surface area contributed by atoms with Crippen LogP contribution in [-0.2, 0) is 4.79 Å². The maximum atomic E-state index is 12.3. The molecule has 0 saturated carbocycles. The van der Waals surface area contributed by atoms with E-state index in [1.807, 2.05) is 40.0 Å². The van der Waals surface area contributed by atoms with Gasteiger partial charge < -0.3 is 9.64 Å². The number of carbonyl (C=O) groups is 1. The van der Waals surface area contributed by atoms with E-state index in [2.05, 4.69) is 24.2 Å². The number of likely N-dealkylation sites (tertiary alicyclic amines) is 1. The number of hydrogen-bond acceptors (Lipinski definition) is 4. The maximum absolute atomic E-state index is 12.3. The number of aromatic nitrogens is 3. The highest BCUT2D eigenvalue weighted by Crippen LogP contribution is 2.22. The lowest BCUT2D eigenvalue weighted by Crippen LogP contribution is -2.41. The van der Waals surface area contributed by atoms with E-state index >= 15 is 0 Å². The van der Waals surface area contributed by atoms with Gasteiger partial charge in [-0.1, -0.05) is 31.2 Å². The van der Waals surface area contributed by atoms with Crippen molar-refractivity contribution < 1.29 is 9.53 Å². The lowest BCUT2D eigenvalue weighted by atomic mass is 10.0. The molecule has 1 aromatic heterocycles. The molecule has 1 aliphatic heterocycles. The van der Waals surface area contributed by atoms with Crippen LogP contribution in [0.3, 0.4) is 0 Å². The van der Waals surface area contributed by atoms with Crippen LogP contribution in [0.5, 0.6) is 5.75 Å². The first-order valence-corrected chi connectivity index (χ1v) is 8.50. The second-order valence-electron chi connectivity index (χ2n) is 6.51. The number of hydrogen-bond donors (Lipinski definition) is 0. The summed E-state index contributed by atoms with van der Waals surface area (Å²) < 4.78 is 7.52. The van der Waals surface area contributed by atoms with Gasteiger partial charge in [-0.15, -0.1) is 5.10 Å². The fourth-order valence-corrected chi connectivity index (χ4v) is 2.98. The minimum Gasteiger partial charge on any atom is -0.484 e. The smallest absolute Gasteiger partial charge is 0.260 e. The Hall–Kier alpha value is -2.37. The van der Waals surface area contributed by atoms with E-state index in [-0.39, 0.29) is 12.5 Å². The van der Waals surface area contributed by atoms with Gasteiger partial charge in [0.2, 0.25) is 0 Å². The van der Waals surface area contributed by atoms with Gasteiger partial charge in [0.1, 0.15) is 5.75 Å². The van der Waals surface area contributed by atoms with Gasteiger partial charge in [0.25, 0.3) is 5.91 Å². The summed E-state index contributed by atoms with van der Waals surface area (Å²) in [6.07, 6.45) is 5.37. The van der Waals surface area contributed by atoms with Crippen molar-refractivity contribution >= 4 is 5.91 Å². The summed E-state index contributed by atoms with van der Waals surface area (Å²) in [7, 11) is 0. The Morgan fingerprint density at radius 1 is 1.25 bits per heavy atom. The third-order valence-electron chi connectivity index (χ3n) is 4.54. The monoisotopic (exact) mass is 328 g/mol. The predicted molar refractivity (Wildman–Crippen MR) is 90.9 cm³/mol. The molecule has 0 aliphatic carbocycles. The molecule has 0 atom stereocenters. The largest absolute Gasteiger partial charge is 0.484 e. The Kier molecular flexibility index (Phi) is 5.13. The first-order chi connectivity index (χ1) is 11.6. The average molecular weight is 328 g/mol. The molecule has 6 heteroatoms. The normalized spacial score (nSPS) is 15.7. The van der Waals surface area contributed by atoms with E-state index in [9.17, 15) is 4.79 Å². The first-order valence-electron chi connectivity index (χ1n) is 8.50. The molecule has 6 nitrogen and oxygen atoms in total. The Morgan fingerprint density at radius 3 is 2.54 bits per heavy atom. The van der Waals surface area contributed by atoms with Crippen LogP contribution < -0.4 is 4.74 Å². The number of ether oxygens (including phenoxy) is 1. The van der Waals surface area contributed by atoms with Crippen LogP contribution in [0.2, 0.25) is 0 Å². The lowest BCUT2D eigenvalue weighted by molar-refractivity contribution is -0.134. The van der Waals surface area contributed by atoms with Gasteiger partial charge in [0.15, 0.2) is 6.61 Å². The number of amides is 1. The van der Waals surface area contributed by atoms with Gasteiger partial charge in [-0.2, -0.15) is 0 Å². The van der Waals surface area contributed by atoms with Gasteiger partial charge >= 0.3 is 0 Å². The van der Waals surface area contributed by atoms with Crippen LogP contribution in [0.1, 0.15) is 44.2 Å². The molecule has 2 aromatic rings. The number of carbonyl (C=O) groups excluding carboxylic acids is 1. The summed E-state index contributed by atoms with van der Waals surface area (Å²) in [6, 6.07) is 8.29. The lowest BCUT2D eigenvalue weighted by Gasteiger charge is -2.31. The van der Waals surface area contributed by atoms with Crippen LogP contribution in [0.15, 0.2) is 36.7 Å². The van der Waals surface area contributed by atoms with Crippen molar-refractivity contribution in [2.45, 2.75) is 38.6 Å². The molecular weight excluding hydrogens is 304 g/mol. The highest BCUT2D eigenvalue weighted by Gasteiger charge is 2.24. The van der Waals surface area contributed by atoms with Crippen LogP contribution >= 0.6 is 0 Å². The highest BCUT2D eigenvalue weighted by atomic mass is 16.5. The molecule has 1 aromatic carbocycles. The third kappa shape index (κ3) is 3.93. The van der Waals surface area contributed by atoms with E-state index in [4.69, 9.17) is 4.74 Å². The maximum Gasteiger partial charge on any atom is 0.260 e. The van der Waals surface area contributed by atoms with Crippen molar-refractivity contribution in [2.75, 3.05) is 19.7 Å². The molecular formula is C18H24N4O2. The first kappa shape index (κ1) is 16.5. The molecule has 128 valence electrons. The van der Waals surface area contributed by atoms with Crippen molar-refractivity contribution in [1.82, 2.24) is 19.9 Å². The van der Waals surface area contributed by atoms with Crippen LogP contribution in [0, 0.1) is 0 Å². The molecule has 0 N–H and O–H groups in total. The van der Waals surface area contributed by atoms with Gasteiger partial charge in [0, 0.05) is 19.3 Å². The van der Waals surface area contributed by atoms with Crippen molar-refractivity contribution in [2.24, 2.45) is 0 Å². The third-order valence-corrected chi connectivity index (χ3v) is 4.54. The molecule has 1 aliphatic rings. The molecule has 24 heavy (non-hydrogen) atoms. The van der Waals surface area contributed by atoms with E-state index in [0.717, 1.165) is 31.7 Å². The summed E-state index contributed by atoms with van der Waals surface area (Å²) in [4.78, 5) is 14.2. The number of benzene rings is 1. The molecule has 1 saturated heterocycles. The molecule has 1 fully saturated rings. The van der Waals surface area contributed by atoms with Crippen molar-refractivity contribution in [3.8, 4) is 5.75 Å². The predicted octanol–water partition coefficient (Wildman–Crippen LogP) is 2.64. The number of nitrogens with zero attached hydrogens (tertiary/aromatic N) is 4. The molecule has 3 rings (SSSR count). The van der Waals surface area contributed by atoms with Gasteiger partial charge in [-0.05, 0) is 36.5 Å². The van der Waals surface area contributed by atoms with Crippen molar-refractivity contribution in [3.05, 3.63) is 42.2 Å². The second kappa shape index (κ2) is 7.47. The second-order valence-corrected chi connectivity index (χ2v) is 6.51. The fourth-order valence-electron chi connectivity index (χ4n) is 2.98. The molecule has 2 heterocycles. The Bertz CT molecular complexity index is 644. The molecule has 0 unspecified atom stereocenters. The van der Waals surface area contributed by atoms with Gasteiger partial charge in [-0.25, -0.2) is 4.68 Å². The number of rotatable bonds is 5. The highest BCUT2D eigenvalue weighted by molar-refractivity contribution is 5.77. The van der Waals surface area contributed by atoms with Crippen LogP contribution in [0.4, 0.5) is 0 Å². The number of piperidine rings is 1. The zero-order valence-corrected chi connectivity index (χ0v) is 14.3. The van der Waals surface area contributed by atoms with E-state index in [1.54, 1.807) is 6.20 Å². The SMILES string of the molecule is CC(C)c1ccc(OCC(=O)N2CCC(n3ccnn3)CC2)cc1. The Morgan fingerprint density at radius 2 is 1.96 bits per heavy atom. The van der Waals surface area contributed by atoms with Gasteiger partial charge in [-0.3, -0.25) is 4.79 Å². The van der Waals surface area contributed by atoms with Crippen LogP contribution in [0.25, 0.3) is 0 Å². The molecule has 1 amide bonds. The minimum absolute atomic E-state index is 0.0416. The summed E-state index contributed by atoms with van der Waals surface area (Å²) >= 11 is 0. The topological polar surface area (TPSA) is 60.2 Å². The fraction of sp³-hybridized carbons (Fsp3) is 0.500. The molecule has 0 spiro atoms. The molecule has 0 radical (unpaired) electrons. The standard InChI is InChI=1S/C18H24N4O2/c1-14(2)15-3-5-17(6-4-15)24-13-18(23)21-10-7-16(8-11-21)22-12-9-19-20-22/h3-6,9,12,14,16H,7-8,10-11,13H2,1-2H3. The average Bonchev–Trinajstić information content (AvgIpc) is 3.15. The summed E-state index contributed by atoms with van der Waals surface area (Å²) in [5.74, 6) is 1.28. The van der Waals surface area contributed by atoms with Crippen molar-refractivity contribution in [1.29, 1.82) is 0 Å². The molecule has 0 bridgehead atoms. The summed E-state index contributed by atoms with van der Waals surface area (Å²) in [5.41, 5.74) is 1.27. The van der Waals surface area contributed by atoms with Crippen LogP contribution in [-0.4, -0.2) is 45.5 Å². The summed E-state index contributed by atoms with van der Waals surface area (Å²) in [6.45, 7) is 5.87. The quantitative estimate of drug-likeness (QED) is 0.846. The van der Waals surface area contributed by atoms with E-state index < -0.39 is 0 Å². The Labute approximate surface area is 142 Å². The van der Waals surface area contributed by atoms with E-state index in [1.165, 1.54) is 5.56 Å². The Balaban J connectivity index is 1.46. The van der Waals surface area contributed by atoms with Gasteiger partial charge in [0.05, 0.1) is 12.2 Å². The van der Waals surface area contributed by atoms with Crippen molar-refractivity contribution in [3.63, 3.8) is 0 Å². The van der Waals surface area contributed by atoms with E-state index in [0.29, 0.717) is 12.0 Å².